The first-order chi connectivity index (χ1) is 14.4. The largest absolute Gasteiger partial charge is 0.289 e. The zero-order valence-electron chi connectivity index (χ0n) is 17.4. The normalized spacial score (nSPS) is 11.8. The predicted octanol–water partition coefficient (Wildman–Crippen LogP) is 6.79. The van der Waals surface area contributed by atoms with Gasteiger partial charge in [0.25, 0.3) is 0 Å². The molecule has 4 aromatic rings. The third-order valence-corrected chi connectivity index (χ3v) is 5.84. The van der Waals surface area contributed by atoms with Gasteiger partial charge in [-0.25, -0.2) is 4.68 Å². The minimum Gasteiger partial charge on any atom is -0.289 e. The Hall–Kier alpha value is -3.24. The summed E-state index contributed by atoms with van der Waals surface area (Å²) in [4.78, 5) is 13.8. The number of carbonyl (C=O) groups is 1. The monoisotopic (exact) mass is 412 g/mol. The molecular formula is C26H24N2OS. The van der Waals surface area contributed by atoms with Crippen molar-refractivity contribution in [3.8, 4) is 16.3 Å². The number of ketones is 1. The maximum atomic E-state index is 12.7. The van der Waals surface area contributed by atoms with E-state index in [1.54, 1.807) is 17.4 Å². The lowest BCUT2D eigenvalue weighted by atomic mass is 9.86. The number of hydrogen-bond donors (Lipinski definition) is 0. The standard InChI is InChI=1S/C26H24N2OS/c1-26(2,3)21-14-11-19(12-15-21)23(29)16-13-20-18-28(22-8-5-4-6-9-22)27-25(20)24-10-7-17-30-24/h4-18H,1-3H3. The number of carbonyl (C=O) groups excluding carboxylic acids is 1. The summed E-state index contributed by atoms with van der Waals surface area (Å²) in [5.41, 5.74) is 4.75. The van der Waals surface area contributed by atoms with Crippen LogP contribution in [0.1, 0.15) is 42.3 Å². The van der Waals surface area contributed by atoms with Crippen LogP contribution < -0.4 is 0 Å². The van der Waals surface area contributed by atoms with Gasteiger partial charge in [0.2, 0.25) is 0 Å². The Balaban J connectivity index is 1.64. The van der Waals surface area contributed by atoms with E-state index in [0.29, 0.717) is 5.56 Å². The first-order valence-electron chi connectivity index (χ1n) is 9.94. The van der Waals surface area contributed by atoms with Crippen molar-refractivity contribution < 1.29 is 4.79 Å². The highest BCUT2D eigenvalue weighted by molar-refractivity contribution is 7.13. The number of nitrogens with zero attached hydrogens (tertiary/aromatic N) is 2. The Morgan fingerprint density at radius 3 is 2.33 bits per heavy atom. The molecule has 0 N–H and O–H groups in total. The molecule has 0 unspecified atom stereocenters. The van der Waals surface area contributed by atoms with Crippen LogP contribution in [0.3, 0.4) is 0 Å². The van der Waals surface area contributed by atoms with Crippen LogP contribution in [0.4, 0.5) is 0 Å². The van der Waals surface area contributed by atoms with Crippen LogP contribution in [0.15, 0.2) is 84.4 Å². The molecule has 0 aliphatic rings. The number of rotatable bonds is 5. The van der Waals surface area contributed by atoms with Crippen molar-refractivity contribution in [2.24, 2.45) is 0 Å². The van der Waals surface area contributed by atoms with Crippen molar-refractivity contribution in [3.05, 3.63) is 101 Å². The molecule has 0 saturated carbocycles. The molecule has 0 saturated heterocycles. The van der Waals surface area contributed by atoms with E-state index in [1.165, 1.54) is 5.56 Å². The van der Waals surface area contributed by atoms with Crippen LogP contribution in [-0.4, -0.2) is 15.6 Å². The Labute approximate surface area is 181 Å². The Bertz CT molecular complexity index is 1160. The van der Waals surface area contributed by atoms with Crippen molar-refractivity contribution >= 4 is 23.2 Å². The summed E-state index contributed by atoms with van der Waals surface area (Å²) in [6.07, 6.45) is 5.47. The van der Waals surface area contributed by atoms with Gasteiger partial charge in [0.15, 0.2) is 5.78 Å². The van der Waals surface area contributed by atoms with Crippen LogP contribution in [0.25, 0.3) is 22.3 Å². The van der Waals surface area contributed by atoms with Gasteiger partial charge >= 0.3 is 0 Å². The zero-order chi connectivity index (χ0) is 21.1. The van der Waals surface area contributed by atoms with Gasteiger partial charge in [-0.2, -0.15) is 5.10 Å². The number of aromatic nitrogens is 2. The molecule has 0 aliphatic heterocycles. The molecule has 150 valence electrons. The number of thiophene rings is 1. The molecular weight excluding hydrogens is 388 g/mol. The zero-order valence-corrected chi connectivity index (χ0v) is 18.2. The Morgan fingerprint density at radius 2 is 1.70 bits per heavy atom. The van der Waals surface area contributed by atoms with Crippen LogP contribution >= 0.6 is 11.3 Å². The van der Waals surface area contributed by atoms with E-state index in [-0.39, 0.29) is 11.2 Å². The van der Waals surface area contributed by atoms with E-state index < -0.39 is 0 Å². The minimum absolute atomic E-state index is 0.0138. The second kappa shape index (κ2) is 8.25. The predicted molar refractivity (Wildman–Crippen MR) is 125 cm³/mol. The third kappa shape index (κ3) is 4.34. The maximum absolute atomic E-state index is 12.7. The van der Waals surface area contributed by atoms with Crippen molar-refractivity contribution in [3.63, 3.8) is 0 Å². The minimum atomic E-state index is -0.0138. The SMILES string of the molecule is CC(C)(C)c1ccc(C(=O)C=Cc2cn(-c3ccccc3)nc2-c2cccs2)cc1. The van der Waals surface area contributed by atoms with Crippen LogP contribution in [0.5, 0.6) is 0 Å². The summed E-state index contributed by atoms with van der Waals surface area (Å²) < 4.78 is 1.86. The highest BCUT2D eigenvalue weighted by atomic mass is 32.1. The lowest BCUT2D eigenvalue weighted by Crippen LogP contribution is -2.11. The molecule has 4 heteroatoms. The average Bonchev–Trinajstić information content (AvgIpc) is 3.42. The first-order valence-corrected chi connectivity index (χ1v) is 10.8. The van der Waals surface area contributed by atoms with Gasteiger partial charge in [0, 0.05) is 17.3 Å². The molecule has 2 aromatic carbocycles. The van der Waals surface area contributed by atoms with Gasteiger partial charge in [-0.15, -0.1) is 11.3 Å². The molecule has 2 aromatic heterocycles. The van der Waals surface area contributed by atoms with E-state index in [2.05, 4.69) is 20.8 Å². The Kier molecular flexibility index (Phi) is 5.51. The summed E-state index contributed by atoms with van der Waals surface area (Å²) in [5.74, 6) is -0.0138. The van der Waals surface area contributed by atoms with Gasteiger partial charge in [-0.1, -0.05) is 69.3 Å². The maximum Gasteiger partial charge on any atom is 0.185 e. The molecule has 30 heavy (non-hydrogen) atoms. The second-order valence-electron chi connectivity index (χ2n) is 8.22. The van der Waals surface area contributed by atoms with Gasteiger partial charge < -0.3 is 0 Å². The first kappa shape index (κ1) is 20.0. The van der Waals surface area contributed by atoms with E-state index in [9.17, 15) is 4.79 Å². The van der Waals surface area contributed by atoms with Crippen molar-refractivity contribution in [2.45, 2.75) is 26.2 Å². The highest BCUT2D eigenvalue weighted by Crippen LogP contribution is 2.29. The topological polar surface area (TPSA) is 34.9 Å². The van der Waals surface area contributed by atoms with Crippen molar-refractivity contribution in [1.29, 1.82) is 0 Å². The molecule has 2 heterocycles. The van der Waals surface area contributed by atoms with Gasteiger partial charge in [-0.05, 0) is 46.7 Å². The quantitative estimate of drug-likeness (QED) is 0.267. The fraction of sp³-hybridized carbons (Fsp3) is 0.154. The lowest BCUT2D eigenvalue weighted by Gasteiger charge is -2.18. The van der Waals surface area contributed by atoms with E-state index in [0.717, 1.165) is 21.8 Å². The van der Waals surface area contributed by atoms with E-state index >= 15 is 0 Å². The van der Waals surface area contributed by atoms with Gasteiger partial charge in [0.05, 0.1) is 10.6 Å². The lowest BCUT2D eigenvalue weighted by molar-refractivity contribution is 0.104. The number of hydrogen-bond acceptors (Lipinski definition) is 3. The smallest absolute Gasteiger partial charge is 0.185 e. The summed E-state index contributed by atoms with van der Waals surface area (Å²) in [6.45, 7) is 6.50. The van der Waals surface area contributed by atoms with Crippen LogP contribution in [0.2, 0.25) is 0 Å². The summed E-state index contributed by atoms with van der Waals surface area (Å²) in [6, 6.07) is 21.9. The van der Waals surface area contributed by atoms with E-state index in [4.69, 9.17) is 5.10 Å². The molecule has 0 bridgehead atoms. The Morgan fingerprint density at radius 1 is 0.967 bits per heavy atom. The fourth-order valence-corrected chi connectivity index (χ4v) is 3.95. The number of benzene rings is 2. The molecule has 4 rings (SSSR count). The molecule has 0 aliphatic carbocycles. The van der Waals surface area contributed by atoms with Crippen molar-refractivity contribution in [2.75, 3.05) is 0 Å². The molecule has 0 atom stereocenters. The van der Waals surface area contributed by atoms with Gasteiger partial charge in [-0.3, -0.25) is 4.79 Å². The van der Waals surface area contributed by atoms with E-state index in [1.807, 2.05) is 89.1 Å². The second-order valence-corrected chi connectivity index (χ2v) is 9.16. The number of para-hydroxylation sites is 1. The highest BCUT2D eigenvalue weighted by Gasteiger charge is 2.14. The molecule has 0 radical (unpaired) electrons. The molecule has 0 fully saturated rings. The molecule has 0 amide bonds. The van der Waals surface area contributed by atoms with Crippen LogP contribution in [0, 0.1) is 0 Å². The summed E-state index contributed by atoms with van der Waals surface area (Å²) in [5, 5.41) is 6.81. The van der Waals surface area contributed by atoms with Crippen molar-refractivity contribution in [1.82, 2.24) is 9.78 Å². The van der Waals surface area contributed by atoms with Crippen LogP contribution in [-0.2, 0) is 5.41 Å². The summed E-state index contributed by atoms with van der Waals surface area (Å²) >= 11 is 1.64. The van der Waals surface area contributed by atoms with Gasteiger partial charge in [0.1, 0.15) is 5.69 Å². The fourth-order valence-electron chi connectivity index (χ4n) is 3.22. The number of allylic oxidation sites excluding steroid dienone is 1. The molecule has 3 nitrogen and oxygen atoms in total. The average molecular weight is 413 g/mol. The third-order valence-electron chi connectivity index (χ3n) is 4.97. The summed E-state index contributed by atoms with van der Waals surface area (Å²) in [7, 11) is 0. The molecule has 0 spiro atoms.